The average molecular weight is 342 g/mol. The fourth-order valence-electron chi connectivity index (χ4n) is 1.99. The number of carboxylic acids is 1. The first-order chi connectivity index (χ1) is 11.1. The second-order valence-corrected chi connectivity index (χ2v) is 8.25. The lowest BCUT2D eigenvalue weighted by atomic mass is 9.97. The van der Waals surface area contributed by atoms with Crippen molar-refractivity contribution in [1.29, 1.82) is 0 Å². The number of carbonyl (C=O) groups is 1. The fourth-order valence-corrected chi connectivity index (χ4v) is 3.48. The topological polar surface area (TPSA) is 71.4 Å². The van der Waals surface area contributed by atoms with Crippen LogP contribution < -0.4 is 0 Å². The summed E-state index contributed by atoms with van der Waals surface area (Å²) in [7, 11) is -3.94. The summed E-state index contributed by atoms with van der Waals surface area (Å²) >= 11 is 0. The van der Waals surface area contributed by atoms with Crippen LogP contribution >= 0.6 is 0 Å². The highest BCUT2D eigenvalue weighted by atomic mass is 32.2. The molecule has 24 heavy (non-hydrogen) atoms. The number of hydrogen-bond donors (Lipinski definition) is 1. The maximum absolute atomic E-state index is 12.8. The molecule has 0 aromatic heterocycles. The molecular formula is C19H18O4S. The van der Waals surface area contributed by atoms with Crippen molar-refractivity contribution >= 4 is 15.8 Å². The lowest BCUT2D eigenvalue weighted by molar-refractivity contribution is 0.0692. The molecule has 0 bridgehead atoms. The number of rotatable bonds is 3. The first kappa shape index (κ1) is 17.8. The lowest BCUT2D eigenvalue weighted by Gasteiger charge is -2.10. The third-order valence-electron chi connectivity index (χ3n) is 3.14. The van der Waals surface area contributed by atoms with Gasteiger partial charge in [0.15, 0.2) is 0 Å². The molecule has 0 heterocycles. The molecule has 4 nitrogen and oxygen atoms in total. The van der Waals surface area contributed by atoms with E-state index in [2.05, 4.69) is 11.8 Å². The van der Waals surface area contributed by atoms with Crippen molar-refractivity contribution in [1.82, 2.24) is 0 Å². The van der Waals surface area contributed by atoms with E-state index in [1.807, 2.05) is 20.8 Å². The molecule has 5 heteroatoms. The molecule has 0 saturated heterocycles. The second kappa shape index (κ2) is 6.50. The van der Waals surface area contributed by atoms with Crippen molar-refractivity contribution in [3.05, 3.63) is 59.7 Å². The zero-order valence-electron chi connectivity index (χ0n) is 13.7. The Morgan fingerprint density at radius 3 is 2.21 bits per heavy atom. The van der Waals surface area contributed by atoms with Gasteiger partial charge in [-0.25, -0.2) is 13.2 Å². The van der Waals surface area contributed by atoms with Crippen LogP contribution in [0.2, 0.25) is 0 Å². The molecule has 2 aromatic carbocycles. The van der Waals surface area contributed by atoms with Gasteiger partial charge in [-0.3, -0.25) is 0 Å². The van der Waals surface area contributed by atoms with Crippen molar-refractivity contribution in [2.45, 2.75) is 30.6 Å². The van der Waals surface area contributed by atoms with Gasteiger partial charge in [-0.1, -0.05) is 30.0 Å². The van der Waals surface area contributed by atoms with Gasteiger partial charge >= 0.3 is 5.97 Å². The van der Waals surface area contributed by atoms with Crippen LogP contribution in [0.15, 0.2) is 58.3 Å². The molecule has 0 unspecified atom stereocenters. The molecular weight excluding hydrogens is 324 g/mol. The average Bonchev–Trinajstić information content (AvgIpc) is 2.52. The van der Waals surface area contributed by atoms with E-state index in [-0.39, 0.29) is 20.8 Å². The maximum Gasteiger partial charge on any atom is 0.337 e. The quantitative estimate of drug-likeness (QED) is 0.865. The van der Waals surface area contributed by atoms with E-state index in [9.17, 15) is 18.3 Å². The highest BCUT2D eigenvalue weighted by Crippen LogP contribution is 2.25. The number of aromatic carboxylic acids is 1. The SMILES string of the molecule is CC(C)(C)C#Cc1ccc(C(=O)O)c(S(=O)(=O)c2ccccc2)c1. The third kappa shape index (κ3) is 4.03. The van der Waals surface area contributed by atoms with Crippen molar-refractivity contribution in [3.8, 4) is 11.8 Å². The number of carboxylic acid groups (broad SMARTS) is 1. The second-order valence-electron chi connectivity index (χ2n) is 6.33. The van der Waals surface area contributed by atoms with Gasteiger partial charge in [-0.05, 0) is 51.1 Å². The summed E-state index contributed by atoms with van der Waals surface area (Å²) in [5.74, 6) is 4.63. The summed E-state index contributed by atoms with van der Waals surface area (Å²) in [5.41, 5.74) is -0.0474. The van der Waals surface area contributed by atoms with E-state index < -0.39 is 15.8 Å². The molecule has 0 fully saturated rings. The summed E-state index contributed by atoms with van der Waals surface area (Å²) in [6.45, 7) is 5.81. The molecule has 1 N–H and O–H groups in total. The lowest BCUT2D eigenvalue weighted by Crippen LogP contribution is -2.10. The van der Waals surface area contributed by atoms with Gasteiger partial charge in [-0.15, -0.1) is 0 Å². The molecule has 2 aromatic rings. The van der Waals surface area contributed by atoms with Crippen LogP contribution in [-0.2, 0) is 9.84 Å². The summed E-state index contributed by atoms with van der Waals surface area (Å²) in [6, 6.07) is 11.9. The Bertz CT molecular complexity index is 925. The first-order valence-electron chi connectivity index (χ1n) is 7.32. The van der Waals surface area contributed by atoms with Crippen LogP contribution in [0, 0.1) is 17.3 Å². The van der Waals surface area contributed by atoms with Crippen LogP contribution in [0.3, 0.4) is 0 Å². The minimum atomic E-state index is -3.94. The van der Waals surface area contributed by atoms with Crippen LogP contribution in [0.5, 0.6) is 0 Å². The van der Waals surface area contributed by atoms with Crippen molar-refractivity contribution in [2.75, 3.05) is 0 Å². The molecule has 0 amide bonds. The normalized spacial score (nSPS) is 11.5. The van der Waals surface area contributed by atoms with Crippen molar-refractivity contribution in [2.24, 2.45) is 5.41 Å². The van der Waals surface area contributed by atoms with E-state index in [0.717, 1.165) is 0 Å². The Kier molecular flexibility index (Phi) is 4.81. The maximum atomic E-state index is 12.8. The van der Waals surface area contributed by atoms with Gasteiger partial charge in [-0.2, -0.15) is 0 Å². The fraction of sp³-hybridized carbons (Fsp3) is 0.211. The number of benzene rings is 2. The predicted octanol–water partition coefficient (Wildman–Crippen LogP) is 3.62. The molecule has 0 aliphatic carbocycles. The van der Waals surface area contributed by atoms with E-state index in [0.29, 0.717) is 5.56 Å². The minimum Gasteiger partial charge on any atom is -0.478 e. The Hall–Kier alpha value is -2.58. The zero-order valence-corrected chi connectivity index (χ0v) is 14.5. The third-order valence-corrected chi connectivity index (χ3v) is 4.95. The van der Waals surface area contributed by atoms with Crippen LogP contribution in [-0.4, -0.2) is 19.5 Å². The number of hydrogen-bond acceptors (Lipinski definition) is 3. The Balaban J connectivity index is 2.66. The Morgan fingerprint density at radius 2 is 1.67 bits per heavy atom. The summed E-state index contributed by atoms with van der Waals surface area (Å²) in [5, 5.41) is 9.33. The minimum absolute atomic E-state index is 0.0495. The molecule has 124 valence electrons. The van der Waals surface area contributed by atoms with Crippen LogP contribution in [0.25, 0.3) is 0 Å². The van der Waals surface area contributed by atoms with Gasteiger partial charge in [0.05, 0.1) is 15.4 Å². The molecule has 0 radical (unpaired) electrons. The van der Waals surface area contributed by atoms with E-state index >= 15 is 0 Å². The van der Waals surface area contributed by atoms with Gasteiger partial charge in [0.2, 0.25) is 9.84 Å². The number of sulfone groups is 1. The molecule has 0 spiro atoms. The summed E-state index contributed by atoms with van der Waals surface area (Å²) < 4.78 is 25.6. The van der Waals surface area contributed by atoms with Gasteiger partial charge in [0.1, 0.15) is 0 Å². The van der Waals surface area contributed by atoms with E-state index in [1.165, 1.54) is 30.3 Å². The Morgan fingerprint density at radius 1 is 1.04 bits per heavy atom. The zero-order chi connectivity index (χ0) is 18.0. The predicted molar refractivity (Wildman–Crippen MR) is 91.6 cm³/mol. The van der Waals surface area contributed by atoms with Gasteiger partial charge < -0.3 is 5.11 Å². The molecule has 0 saturated carbocycles. The van der Waals surface area contributed by atoms with E-state index in [4.69, 9.17) is 0 Å². The van der Waals surface area contributed by atoms with Crippen molar-refractivity contribution in [3.63, 3.8) is 0 Å². The van der Waals surface area contributed by atoms with E-state index in [1.54, 1.807) is 18.2 Å². The largest absolute Gasteiger partial charge is 0.478 e. The molecule has 0 atom stereocenters. The van der Waals surface area contributed by atoms with Gasteiger partial charge in [0, 0.05) is 11.0 Å². The molecule has 0 aliphatic heterocycles. The monoisotopic (exact) mass is 342 g/mol. The van der Waals surface area contributed by atoms with Crippen LogP contribution in [0.1, 0.15) is 36.7 Å². The highest BCUT2D eigenvalue weighted by Gasteiger charge is 2.24. The summed E-state index contributed by atoms with van der Waals surface area (Å²) in [6.07, 6.45) is 0. The first-order valence-corrected chi connectivity index (χ1v) is 8.80. The Labute approximate surface area is 142 Å². The summed E-state index contributed by atoms with van der Waals surface area (Å²) in [4.78, 5) is 11.2. The molecule has 0 aliphatic rings. The standard InChI is InChI=1S/C19H18O4S/c1-19(2,3)12-11-14-9-10-16(18(20)21)17(13-14)24(22,23)15-7-5-4-6-8-15/h4-10,13H,1-3H3,(H,20,21). The van der Waals surface area contributed by atoms with Crippen molar-refractivity contribution < 1.29 is 18.3 Å². The highest BCUT2D eigenvalue weighted by molar-refractivity contribution is 7.91. The smallest absolute Gasteiger partial charge is 0.337 e. The van der Waals surface area contributed by atoms with Crippen LogP contribution in [0.4, 0.5) is 0 Å². The van der Waals surface area contributed by atoms with Gasteiger partial charge in [0.25, 0.3) is 0 Å². The molecule has 2 rings (SSSR count).